The number of benzene rings is 1. The Morgan fingerprint density at radius 2 is 2.00 bits per heavy atom. The van der Waals surface area contributed by atoms with Gasteiger partial charge in [-0.3, -0.25) is 9.59 Å². The Hall–Kier alpha value is -2.11. The Bertz CT molecular complexity index is 687. The Labute approximate surface area is 130 Å². The predicted molar refractivity (Wildman–Crippen MR) is 80.4 cm³/mol. The van der Waals surface area contributed by atoms with E-state index in [2.05, 4.69) is 10.3 Å². The minimum absolute atomic E-state index is 0.249. The Morgan fingerprint density at radius 3 is 2.57 bits per heavy atom. The van der Waals surface area contributed by atoms with Crippen LogP contribution in [0.2, 0.25) is 5.02 Å². The Kier molecular flexibility index (Phi) is 4.77. The van der Waals surface area contributed by atoms with Crippen molar-refractivity contribution in [2.45, 2.75) is 0 Å². The average molecular weight is 325 g/mol. The van der Waals surface area contributed by atoms with Gasteiger partial charge in [0, 0.05) is 11.2 Å². The lowest BCUT2D eigenvalue weighted by Gasteiger charge is -2.09. The number of nitrogens with one attached hydrogen (secondary N) is 1. The molecule has 0 saturated carbocycles. The van der Waals surface area contributed by atoms with Gasteiger partial charge in [-0.05, 0) is 41.9 Å². The minimum Gasteiger partial charge on any atom is -0.496 e. The van der Waals surface area contributed by atoms with Gasteiger partial charge in [-0.1, -0.05) is 11.6 Å². The predicted octanol–water partition coefficient (Wildman–Crippen LogP) is 3.37. The third-order valence-corrected chi connectivity index (χ3v) is 3.09. The van der Waals surface area contributed by atoms with Crippen LogP contribution in [0.3, 0.4) is 0 Å². The van der Waals surface area contributed by atoms with Crippen LogP contribution in [0.15, 0.2) is 36.5 Å². The third kappa shape index (κ3) is 3.71. The van der Waals surface area contributed by atoms with Crippen LogP contribution in [0.1, 0.15) is 20.7 Å². The number of ether oxygens (including phenoxy) is 1. The molecule has 0 atom stereocenters. The van der Waals surface area contributed by atoms with Gasteiger partial charge < -0.3 is 10.1 Å². The summed E-state index contributed by atoms with van der Waals surface area (Å²) in [5.41, 5.74) is 0.569. The molecule has 0 bridgehead atoms. The molecule has 1 N–H and O–H groups in total. The highest BCUT2D eigenvalue weighted by Crippen LogP contribution is 2.23. The van der Waals surface area contributed by atoms with Crippen molar-refractivity contribution in [3.63, 3.8) is 0 Å². The number of hydrogen-bond acceptors (Lipinski definition) is 4. The standard InChI is InChI=1S/C14H10Cl2N2O3/c1-21-11-6-9(15)3-4-10(11)14(20)18-12-5-2-8(7-17-12)13(16)19/h2-7H,1H3,(H,17,18,20). The highest BCUT2D eigenvalue weighted by atomic mass is 35.5. The number of nitrogens with zero attached hydrogens (tertiary/aromatic N) is 1. The van der Waals surface area contributed by atoms with Crippen molar-refractivity contribution in [3.8, 4) is 5.75 Å². The zero-order valence-electron chi connectivity index (χ0n) is 10.9. The van der Waals surface area contributed by atoms with Crippen LogP contribution in [0.4, 0.5) is 5.82 Å². The number of carbonyl (C=O) groups is 2. The van der Waals surface area contributed by atoms with Crippen molar-refractivity contribution in [2.75, 3.05) is 12.4 Å². The largest absolute Gasteiger partial charge is 0.496 e. The molecule has 0 aliphatic rings. The van der Waals surface area contributed by atoms with E-state index in [9.17, 15) is 9.59 Å². The molecule has 5 nitrogen and oxygen atoms in total. The summed E-state index contributed by atoms with van der Waals surface area (Å²) in [5, 5.41) is 2.44. The number of anilines is 1. The van der Waals surface area contributed by atoms with Gasteiger partial charge in [-0.25, -0.2) is 4.98 Å². The molecule has 0 fully saturated rings. The maximum Gasteiger partial charge on any atom is 0.260 e. The average Bonchev–Trinajstić information content (AvgIpc) is 2.47. The van der Waals surface area contributed by atoms with E-state index in [-0.39, 0.29) is 5.56 Å². The van der Waals surface area contributed by atoms with Gasteiger partial charge in [0.05, 0.1) is 18.2 Å². The second-order valence-corrected chi connectivity index (χ2v) is 4.78. The molecule has 7 heteroatoms. The van der Waals surface area contributed by atoms with Gasteiger partial charge in [0.2, 0.25) is 0 Å². The van der Waals surface area contributed by atoms with Gasteiger partial charge in [0.1, 0.15) is 11.6 Å². The molecule has 1 aromatic carbocycles. The first-order chi connectivity index (χ1) is 10.0. The quantitative estimate of drug-likeness (QED) is 0.875. The number of carbonyl (C=O) groups excluding carboxylic acids is 2. The summed E-state index contributed by atoms with van der Waals surface area (Å²) < 4.78 is 5.11. The summed E-state index contributed by atoms with van der Waals surface area (Å²) in [7, 11) is 1.45. The van der Waals surface area contributed by atoms with Crippen LogP contribution in [0.5, 0.6) is 5.75 Å². The molecular formula is C14H10Cl2N2O3. The fourth-order valence-corrected chi connectivity index (χ4v) is 1.89. The fourth-order valence-electron chi connectivity index (χ4n) is 1.62. The van der Waals surface area contributed by atoms with Gasteiger partial charge in [0.15, 0.2) is 0 Å². The maximum atomic E-state index is 12.2. The molecule has 0 spiro atoms. The summed E-state index contributed by atoms with van der Waals surface area (Å²) >= 11 is 11.2. The second-order valence-electron chi connectivity index (χ2n) is 4.00. The van der Waals surface area contributed by atoms with Crippen molar-refractivity contribution >= 4 is 40.2 Å². The molecule has 1 amide bonds. The van der Waals surface area contributed by atoms with Crippen molar-refractivity contribution in [1.29, 1.82) is 0 Å². The van der Waals surface area contributed by atoms with Crippen LogP contribution < -0.4 is 10.1 Å². The van der Waals surface area contributed by atoms with E-state index < -0.39 is 11.1 Å². The molecule has 0 unspecified atom stereocenters. The number of hydrogen-bond donors (Lipinski definition) is 1. The number of amides is 1. The molecule has 2 rings (SSSR count). The molecule has 21 heavy (non-hydrogen) atoms. The molecule has 1 aromatic heterocycles. The SMILES string of the molecule is COc1cc(Cl)ccc1C(=O)Nc1ccc(C(=O)Cl)cn1. The number of pyridine rings is 1. The van der Waals surface area contributed by atoms with E-state index >= 15 is 0 Å². The van der Waals surface area contributed by atoms with E-state index in [1.165, 1.54) is 25.4 Å². The Morgan fingerprint density at radius 1 is 1.24 bits per heavy atom. The molecule has 0 radical (unpaired) electrons. The van der Waals surface area contributed by atoms with E-state index in [0.29, 0.717) is 22.2 Å². The van der Waals surface area contributed by atoms with E-state index in [0.717, 1.165) is 0 Å². The van der Waals surface area contributed by atoms with Crippen LogP contribution >= 0.6 is 23.2 Å². The molecule has 2 aromatic rings. The number of aromatic nitrogens is 1. The van der Waals surface area contributed by atoms with Crippen molar-refractivity contribution in [1.82, 2.24) is 4.98 Å². The lowest BCUT2D eigenvalue weighted by Crippen LogP contribution is -2.14. The maximum absolute atomic E-state index is 12.2. The van der Waals surface area contributed by atoms with Crippen molar-refractivity contribution in [2.24, 2.45) is 0 Å². The highest BCUT2D eigenvalue weighted by Gasteiger charge is 2.13. The Balaban J connectivity index is 2.19. The second kappa shape index (κ2) is 6.56. The number of halogens is 2. The van der Waals surface area contributed by atoms with E-state index in [1.54, 1.807) is 18.2 Å². The van der Waals surface area contributed by atoms with Gasteiger partial charge >= 0.3 is 0 Å². The van der Waals surface area contributed by atoms with E-state index in [1.807, 2.05) is 0 Å². The fraction of sp³-hybridized carbons (Fsp3) is 0.0714. The molecular weight excluding hydrogens is 315 g/mol. The minimum atomic E-state index is -0.611. The first kappa shape index (κ1) is 15.3. The smallest absolute Gasteiger partial charge is 0.260 e. The van der Waals surface area contributed by atoms with Crippen LogP contribution in [-0.2, 0) is 0 Å². The van der Waals surface area contributed by atoms with Crippen LogP contribution in [0.25, 0.3) is 0 Å². The molecule has 108 valence electrons. The summed E-state index contributed by atoms with van der Waals surface area (Å²) in [6.45, 7) is 0. The zero-order valence-corrected chi connectivity index (χ0v) is 12.4. The first-order valence-corrected chi connectivity index (χ1v) is 6.57. The summed E-state index contributed by atoms with van der Waals surface area (Å²) in [6, 6.07) is 7.63. The lowest BCUT2D eigenvalue weighted by molar-refractivity contribution is 0.102. The molecule has 0 aliphatic carbocycles. The van der Waals surface area contributed by atoms with Crippen LogP contribution in [0, 0.1) is 0 Å². The number of rotatable bonds is 4. The van der Waals surface area contributed by atoms with Gasteiger partial charge in [0.25, 0.3) is 11.1 Å². The molecule has 0 aliphatic heterocycles. The summed E-state index contributed by atoms with van der Waals surface area (Å²) in [6.07, 6.45) is 1.28. The monoisotopic (exact) mass is 324 g/mol. The van der Waals surface area contributed by atoms with Gasteiger partial charge in [-0.15, -0.1) is 0 Å². The highest BCUT2D eigenvalue weighted by molar-refractivity contribution is 6.67. The zero-order chi connectivity index (χ0) is 15.4. The normalized spacial score (nSPS) is 10.0. The van der Waals surface area contributed by atoms with Crippen molar-refractivity contribution < 1.29 is 14.3 Å². The summed E-state index contributed by atoms with van der Waals surface area (Å²) in [4.78, 5) is 27.0. The van der Waals surface area contributed by atoms with E-state index in [4.69, 9.17) is 27.9 Å². The van der Waals surface area contributed by atoms with Crippen molar-refractivity contribution in [3.05, 3.63) is 52.7 Å². The summed E-state index contributed by atoms with van der Waals surface area (Å²) in [5.74, 6) is 0.243. The number of methoxy groups -OCH3 is 1. The lowest BCUT2D eigenvalue weighted by atomic mass is 10.2. The molecule has 0 saturated heterocycles. The first-order valence-electron chi connectivity index (χ1n) is 5.82. The third-order valence-electron chi connectivity index (χ3n) is 2.64. The topological polar surface area (TPSA) is 68.3 Å². The van der Waals surface area contributed by atoms with Gasteiger partial charge in [-0.2, -0.15) is 0 Å². The molecule has 1 heterocycles. The van der Waals surface area contributed by atoms with Crippen LogP contribution in [-0.4, -0.2) is 23.2 Å².